The molecule has 0 aliphatic carbocycles. The Hall–Kier alpha value is -3.37. The number of likely N-dealkylation sites (tertiary alicyclic amines) is 1. The number of nitriles is 1. The molecule has 1 N–H and O–H groups in total. The predicted molar refractivity (Wildman–Crippen MR) is 124 cm³/mol. The molecular formula is C25H22BrN3O3. The summed E-state index contributed by atoms with van der Waals surface area (Å²) in [5, 5.41) is 20.1. The summed E-state index contributed by atoms with van der Waals surface area (Å²) in [7, 11) is 0. The normalized spacial score (nSPS) is 15.8. The number of pyridine rings is 1. The van der Waals surface area contributed by atoms with Crippen molar-refractivity contribution in [2.45, 2.75) is 25.4 Å². The van der Waals surface area contributed by atoms with Gasteiger partial charge in [0.2, 0.25) is 0 Å². The predicted octanol–water partition coefficient (Wildman–Crippen LogP) is 5.60. The van der Waals surface area contributed by atoms with Crippen LogP contribution in [0.2, 0.25) is 0 Å². The van der Waals surface area contributed by atoms with Gasteiger partial charge in [0.05, 0.1) is 5.69 Å². The maximum absolute atomic E-state index is 12.6. The molecule has 3 aromatic rings. The summed E-state index contributed by atoms with van der Waals surface area (Å²) in [5.74, 6) is -0.153. The molecule has 162 valence electrons. The van der Waals surface area contributed by atoms with E-state index in [1.165, 1.54) is 0 Å². The van der Waals surface area contributed by atoms with Gasteiger partial charge in [-0.1, -0.05) is 58.4 Å². The van der Waals surface area contributed by atoms with Crippen molar-refractivity contribution in [2.75, 3.05) is 13.1 Å². The maximum atomic E-state index is 12.6. The maximum Gasteiger partial charge on any atom is 0.410 e. The summed E-state index contributed by atoms with van der Waals surface area (Å²) < 4.78 is 6.40. The number of hydrogen-bond acceptors (Lipinski definition) is 5. The number of hydrogen-bond donors (Lipinski definition) is 1. The van der Waals surface area contributed by atoms with Gasteiger partial charge in [-0.2, -0.15) is 5.26 Å². The second-order valence-electron chi connectivity index (χ2n) is 7.73. The quantitative estimate of drug-likeness (QED) is 0.512. The second kappa shape index (κ2) is 9.84. The first kappa shape index (κ1) is 21.8. The van der Waals surface area contributed by atoms with Gasteiger partial charge in [0.1, 0.15) is 24.0 Å². The molecule has 2 heterocycles. The largest absolute Gasteiger partial charge is 0.506 e. The number of benzene rings is 2. The molecule has 1 atom stereocenters. The molecule has 1 saturated heterocycles. The number of amides is 1. The lowest BCUT2D eigenvalue weighted by Crippen LogP contribution is -2.39. The third-order valence-corrected chi connectivity index (χ3v) is 6.08. The van der Waals surface area contributed by atoms with Crippen LogP contribution in [-0.4, -0.2) is 34.2 Å². The minimum absolute atomic E-state index is 0.0548. The van der Waals surface area contributed by atoms with E-state index in [0.717, 1.165) is 28.4 Å². The van der Waals surface area contributed by atoms with E-state index >= 15 is 0 Å². The Morgan fingerprint density at radius 2 is 1.97 bits per heavy atom. The van der Waals surface area contributed by atoms with Crippen LogP contribution >= 0.6 is 15.9 Å². The second-order valence-corrected chi connectivity index (χ2v) is 8.65. The highest BCUT2D eigenvalue weighted by Crippen LogP contribution is 2.34. The fourth-order valence-corrected chi connectivity index (χ4v) is 4.15. The van der Waals surface area contributed by atoms with Crippen molar-refractivity contribution < 1.29 is 14.6 Å². The average molecular weight is 492 g/mol. The Kier molecular flexibility index (Phi) is 6.72. The Labute approximate surface area is 195 Å². The van der Waals surface area contributed by atoms with Crippen LogP contribution in [0.4, 0.5) is 4.79 Å². The summed E-state index contributed by atoms with van der Waals surface area (Å²) >= 11 is 3.41. The van der Waals surface area contributed by atoms with Crippen molar-refractivity contribution in [1.29, 1.82) is 5.26 Å². The van der Waals surface area contributed by atoms with Crippen LogP contribution in [0, 0.1) is 11.3 Å². The molecular weight excluding hydrogens is 470 g/mol. The summed E-state index contributed by atoms with van der Waals surface area (Å²) in [6, 6.07) is 20.6. The van der Waals surface area contributed by atoms with Gasteiger partial charge in [-0.25, -0.2) is 4.79 Å². The standard InChI is InChI=1S/C25H22BrN3O3/c26-20-10-8-18(9-11-20)24-21(14-27)23(30)13-22(28-24)19-7-4-12-29(15-19)25(31)32-16-17-5-2-1-3-6-17/h1-3,5-6,8-11,13,19H,4,7,12,15-16H2,(H,28,30). The Morgan fingerprint density at radius 3 is 2.69 bits per heavy atom. The van der Waals surface area contributed by atoms with Gasteiger partial charge in [-0.05, 0) is 30.5 Å². The zero-order chi connectivity index (χ0) is 22.5. The van der Waals surface area contributed by atoms with Crippen molar-refractivity contribution in [3.8, 4) is 23.1 Å². The Balaban J connectivity index is 1.53. The van der Waals surface area contributed by atoms with Crippen LogP contribution in [0.3, 0.4) is 0 Å². The molecule has 1 aliphatic heterocycles. The van der Waals surface area contributed by atoms with E-state index in [-0.39, 0.29) is 29.9 Å². The zero-order valence-corrected chi connectivity index (χ0v) is 19.0. The van der Waals surface area contributed by atoms with E-state index < -0.39 is 0 Å². The molecule has 2 aromatic carbocycles. The van der Waals surface area contributed by atoms with Gasteiger partial charge in [0, 0.05) is 40.8 Å². The highest BCUT2D eigenvalue weighted by atomic mass is 79.9. The van der Waals surface area contributed by atoms with Crippen LogP contribution in [0.5, 0.6) is 5.75 Å². The van der Waals surface area contributed by atoms with Crippen LogP contribution in [0.25, 0.3) is 11.3 Å². The minimum atomic E-state index is -0.357. The SMILES string of the molecule is N#Cc1c(O)cc(C2CCCN(C(=O)OCc3ccccc3)C2)nc1-c1ccc(Br)cc1. The third kappa shape index (κ3) is 4.92. The van der Waals surface area contributed by atoms with E-state index in [2.05, 4.69) is 22.0 Å². The van der Waals surface area contributed by atoms with Crippen molar-refractivity contribution in [1.82, 2.24) is 9.88 Å². The third-order valence-electron chi connectivity index (χ3n) is 5.55. The van der Waals surface area contributed by atoms with Crippen molar-refractivity contribution in [2.24, 2.45) is 0 Å². The number of ether oxygens (including phenoxy) is 1. The highest BCUT2D eigenvalue weighted by molar-refractivity contribution is 9.10. The van der Waals surface area contributed by atoms with Gasteiger partial charge in [-0.15, -0.1) is 0 Å². The number of nitrogens with zero attached hydrogens (tertiary/aromatic N) is 3. The van der Waals surface area contributed by atoms with Gasteiger partial charge in [-0.3, -0.25) is 4.98 Å². The lowest BCUT2D eigenvalue weighted by atomic mass is 9.93. The van der Waals surface area contributed by atoms with Crippen LogP contribution in [0.1, 0.15) is 35.6 Å². The smallest absolute Gasteiger partial charge is 0.410 e. The molecule has 0 spiro atoms. The van der Waals surface area contributed by atoms with Crippen LogP contribution < -0.4 is 0 Å². The number of aromatic nitrogens is 1. The molecule has 0 saturated carbocycles. The minimum Gasteiger partial charge on any atom is -0.506 e. The fourth-order valence-electron chi connectivity index (χ4n) is 3.88. The molecule has 1 fully saturated rings. The van der Waals surface area contributed by atoms with Gasteiger partial charge >= 0.3 is 6.09 Å². The highest BCUT2D eigenvalue weighted by Gasteiger charge is 2.28. The van der Waals surface area contributed by atoms with E-state index in [4.69, 9.17) is 9.72 Å². The Morgan fingerprint density at radius 1 is 1.22 bits per heavy atom. The first-order chi connectivity index (χ1) is 15.5. The van der Waals surface area contributed by atoms with Gasteiger partial charge in [0.15, 0.2) is 0 Å². The van der Waals surface area contributed by atoms with Crippen molar-refractivity contribution >= 4 is 22.0 Å². The number of piperidine rings is 1. The Bertz CT molecular complexity index is 1140. The lowest BCUT2D eigenvalue weighted by Gasteiger charge is -2.32. The molecule has 0 bridgehead atoms. The monoisotopic (exact) mass is 491 g/mol. The van der Waals surface area contributed by atoms with Crippen molar-refractivity contribution in [3.63, 3.8) is 0 Å². The van der Waals surface area contributed by atoms with Crippen LogP contribution in [0.15, 0.2) is 65.1 Å². The molecule has 4 rings (SSSR count). The molecule has 1 amide bonds. The molecule has 32 heavy (non-hydrogen) atoms. The summed E-state index contributed by atoms with van der Waals surface area (Å²) in [6.45, 7) is 1.29. The summed E-state index contributed by atoms with van der Waals surface area (Å²) in [6.07, 6.45) is 1.28. The van der Waals surface area contributed by atoms with E-state index in [1.54, 1.807) is 11.0 Å². The van der Waals surface area contributed by atoms with Crippen LogP contribution in [-0.2, 0) is 11.3 Å². The van der Waals surface area contributed by atoms with E-state index in [0.29, 0.717) is 24.5 Å². The summed E-state index contributed by atoms with van der Waals surface area (Å²) in [5.41, 5.74) is 2.94. The number of rotatable bonds is 4. The number of carbonyl (C=O) groups is 1. The molecule has 7 heteroatoms. The number of carbonyl (C=O) groups excluding carboxylic acids is 1. The first-order valence-electron chi connectivity index (χ1n) is 10.4. The molecule has 1 unspecified atom stereocenters. The first-order valence-corrected chi connectivity index (χ1v) is 11.2. The zero-order valence-electron chi connectivity index (χ0n) is 17.4. The summed E-state index contributed by atoms with van der Waals surface area (Å²) in [4.78, 5) is 19.0. The topological polar surface area (TPSA) is 86.5 Å². The molecule has 1 aliphatic rings. The van der Waals surface area contributed by atoms with E-state index in [9.17, 15) is 15.2 Å². The van der Waals surface area contributed by atoms with E-state index in [1.807, 2.05) is 54.6 Å². The van der Waals surface area contributed by atoms with Crippen molar-refractivity contribution in [3.05, 3.63) is 82.0 Å². The molecule has 1 aromatic heterocycles. The number of halogens is 1. The van der Waals surface area contributed by atoms with Gasteiger partial charge in [0.25, 0.3) is 0 Å². The number of aromatic hydroxyl groups is 1. The molecule has 0 radical (unpaired) electrons. The fraction of sp³-hybridized carbons (Fsp3) is 0.240. The average Bonchev–Trinajstić information content (AvgIpc) is 2.83. The van der Waals surface area contributed by atoms with Gasteiger partial charge < -0.3 is 14.7 Å². The molecule has 6 nitrogen and oxygen atoms in total. The lowest BCUT2D eigenvalue weighted by molar-refractivity contribution is 0.0856.